The molecular formula is C30H29N5O4. The number of nitrogens with two attached hydrogens (primary N) is 1. The van der Waals surface area contributed by atoms with E-state index in [1.54, 1.807) is 43.3 Å². The van der Waals surface area contributed by atoms with E-state index in [2.05, 4.69) is 15.7 Å². The van der Waals surface area contributed by atoms with Crippen LogP contribution < -0.4 is 16.4 Å². The third-order valence-electron chi connectivity index (χ3n) is 6.06. The molecule has 0 saturated heterocycles. The van der Waals surface area contributed by atoms with E-state index in [1.807, 2.05) is 54.6 Å². The molecule has 39 heavy (non-hydrogen) atoms. The number of hydrogen-bond donors (Lipinski definition) is 3. The van der Waals surface area contributed by atoms with Gasteiger partial charge in [0, 0.05) is 13.0 Å². The molecule has 0 radical (unpaired) electrons. The molecule has 0 aliphatic carbocycles. The molecule has 1 aromatic heterocycles. The van der Waals surface area contributed by atoms with Crippen molar-refractivity contribution in [2.45, 2.75) is 32.4 Å². The molecule has 198 valence electrons. The Morgan fingerprint density at radius 2 is 1.49 bits per heavy atom. The SMILES string of the molecule is Cc1cc(C(=O)NC(Cc2ccccc2)C(=O)C(N)=O)n(-c2cccc(CNC(=O)Cc3ccccc3)c2)n1. The number of hydrogen-bond acceptors (Lipinski definition) is 5. The van der Waals surface area contributed by atoms with Gasteiger partial charge in [-0.1, -0.05) is 72.8 Å². The fourth-order valence-corrected chi connectivity index (χ4v) is 4.16. The Hall–Kier alpha value is -5.05. The highest BCUT2D eigenvalue weighted by Crippen LogP contribution is 2.16. The van der Waals surface area contributed by atoms with Crippen LogP contribution in [-0.2, 0) is 33.8 Å². The maximum atomic E-state index is 13.3. The third-order valence-corrected chi connectivity index (χ3v) is 6.06. The number of amides is 3. The summed E-state index contributed by atoms with van der Waals surface area (Å²) >= 11 is 0. The minimum absolute atomic E-state index is 0.106. The van der Waals surface area contributed by atoms with Crippen LogP contribution >= 0.6 is 0 Å². The molecule has 3 amide bonds. The van der Waals surface area contributed by atoms with Crippen LogP contribution in [0.25, 0.3) is 5.69 Å². The number of carbonyl (C=O) groups excluding carboxylic acids is 4. The summed E-state index contributed by atoms with van der Waals surface area (Å²) in [5.74, 6) is -2.69. The number of benzene rings is 3. The van der Waals surface area contributed by atoms with Gasteiger partial charge in [0.05, 0.1) is 17.8 Å². The number of rotatable bonds is 11. The molecule has 9 heteroatoms. The molecule has 9 nitrogen and oxygen atoms in total. The summed E-state index contributed by atoms with van der Waals surface area (Å²) in [6.07, 6.45) is 0.386. The lowest BCUT2D eigenvalue weighted by Gasteiger charge is -2.17. The minimum Gasteiger partial charge on any atom is -0.363 e. The number of aryl methyl sites for hydroxylation is 1. The predicted molar refractivity (Wildman–Crippen MR) is 146 cm³/mol. The van der Waals surface area contributed by atoms with Crippen LogP contribution in [0.3, 0.4) is 0 Å². The van der Waals surface area contributed by atoms with Crippen LogP contribution in [0.4, 0.5) is 0 Å². The molecule has 0 spiro atoms. The van der Waals surface area contributed by atoms with Crippen molar-refractivity contribution < 1.29 is 19.2 Å². The number of aromatic nitrogens is 2. The van der Waals surface area contributed by atoms with Gasteiger partial charge in [0.2, 0.25) is 11.7 Å². The van der Waals surface area contributed by atoms with Gasteiger partial charge in [-0.2, -0.15) is 5.10 Å². The van der Waals surface area contributed by atoms with E-state index in [4.69, 9.17) is 5.73 Å². The summed E-state index contributed by atoms with van der Waals surface area (Å²) in [5.41, 5.74) is 9.14. The Balaban J connectivity index is 1.50. The fraction of sp³-hybridized carbons (Fsp3) is 0.167. The van der Waals surface area contributed by atoms with Crippen molar-refractivity contribution in [2.75, 3.05) is 0 Å². The normalized spacial score (nSPS) is 11.4. The number of primary amides is 1. The van der Waals surface area contributed by atoms with Crippen LogP contribution in [0.5, 0.6) is 0 Å². The summed E-state index contributed by atoms with van der Waals surface area (Å²) < 4.78 is 1.47. The van der Waals surface area contributed by atoms with Gasteiger partial charge < -0.3 is 16.4 Å². The zero-order chi connectivity index (χ0) is 27.8. The Bertz CT molecular complexity index is 1480. The monoisotopic (exact) mass is 523 g/mol. The summed E-state index contributed by atoms with van der Waals surface area (Å²) in [6, 6.07) is 26.2. The molecule has 0 bridgehead atoms. The van der Waals surface area contributed by atoms with E-state index in [0.717, 1.165) is 16.7 Å². The van der Waals surface area contributed by atoms with Crippen LogP contribution in [0.2, 0.25) is 0 Å². The molecule has 0 fully saturated rings. The number of nitrogens with zero attached hydrogens (tertiary/aromatic N) is 2. The van der Waals surface area contributed by atoms with Gasteiger partial charge in [-0.3, -0.25) is 19.2 Å². The first-order chi connectivity index (χ1) is 18.8. The third kappa shape index (κ3) is 7.26. The van der Waals surface area contributed by atoms with Crippen LogP contribution in [0, 0.1) is 6.92 Å². The standard InChI is InChI=1S/C30H29N5O4/c1-20-15-26(30(39)33-25(28(37)29(31)38)17-21-9-4-2-5-10-21)35(34-20)24-14-8-13-23(16-24)19-32-27(36)18-22-11-6-3-7-12-22/h2-16,25H,17-19H2,1H3,(H2,31,38)(H,32,36)(H,33,39). The Kier molecular flexibility index (Phi) is 8.63. The van der Waals surface area contributed by atoms with Gasteiger partial charge in [0.1, 0.15) is 11.7 Å². The van der Waals surface area contributed by atoms with Gasteiger partial charge in [0.15, 0.2) is 0 Å². The lowest BCUT2D eigenvalue weighted by Crippen LogP contribution is -2.47. The maximum Gasteiger partial charge on any atom is 0.287 e. The molecule has 1 heterocycles. The van der Waals surface area contributed by atoms with Crippen LogP contribution in [-0.4, -0.2) is 39.3 Å². The fourth-order valence-electron chi connectivity index (χ4n) is 4.16. The van der Waals surface area contributed by atoms with E-state index < -0.39 is 23.6 Å². The van der Waals surface area contributed by atoms with E-state index >= 15 is 0 Å². The second kappa shape index (κ2) is 12.5. The number of carbonyl (C=O) groups is 4. The molecule has 4 rings (SSSR count). The molecule has 1 unspecified atom stereocenters. The number of ketones is 1. The molecule has 1 atom stereocenters. The van der Waals surface area contributed by atoms with Crippen LogP contribution in [0.15, 0.2) is 91.0 Å². The molecule has 0 aliphatic heterocycles. The highest BCUT2D eigenvalue weighted by molar-refractivity contribution is 6.38. The molecular weight excluding hydrogens is 494 g/mol. The van der Waals surface area contributed by atoms with E-state index in [-0.39, 0.29) is 24.4 Å². The average molecular weight is 524 g/mol. The van der Waals surface area contributed by atoms with Crippen molar-refractivity contribution in [3.8, 4) is 5.69 Å². The van der Waals surface area contributed by atoms with Crippen molar-refractivity contribution in [1.82, 2.24) is 20.4 Å². The van der Waals surface area contributed by atoms with Gasteiger partial charge in [-0.05, 0) is 41.8 Å². The first kappa shape index (κ1) is 27.0. The molecule has 0 saturated carbocycles. The van der Waals surface area contributed by atoms with Crippen LogP contribution in [0.1, 0.15) is 32.9 Å². The molecule has 4 N–H and O–H groups in total. The first-order valence-corrected chi connectivity index (χ1v) is 12.4. The second-order valence-electron chi connectivity index (χ2n) is 9.14. The van der Waals surface area contributed by atoms with Gasteiger partial charge in [0.25, 0.3) is 11.8 Å². The van der Waals surface area contributed by atoms with Crippen molar-refractivity contribution in [3.05, 3.63) is 119 Å². The highest BCUT2D eigenvalue weighted by Gasteiger charge is 2.27. The van der Waals surface area contributed by atoms with Crippen molar-refractivity contribution in [3.63, 3.8) is 0 Å². The van der Waals surface area contributed by atoms with E-state index in [0.29, 0.717) is 17.9 Å². The van der Waals surface area contributed by atoms with E-state index in [9.17, 15) is 19.2 Å². The van der Waals surface area contributed by atoms with Crippen molar-refractivity contribution in [2.24, 2.45) is 5.73 Å². The quantitative estimate of drug-likeness (QED) is 0.260. The average Bonchev–Trinajstić information content (AvgIpc) is 3.34. The topological polar surface area (TPSA) is 136 Å². The zero-order valence-electron chi connectivity index (χ0n) is 21.5. The number of nitrogens with one attached hydrogen (secondary N) is 2. The summed E-state index contributed by atoms with van der Waals surface area (Å²) in [5, 5.41) is 10.0. The summed E-state index contributed by atoms with van der Waals surface area (Å²) in [7, 11) is 0. The zero-order valence-corrected chi connectivity index (χ0v) is 21.5. The van der Waals surface area contributed by atoms with Gasteiger partial charge >= 0.3 is 0 Å². The maximum absolute atomic E-state index is 13.3. The van der Waals surface area contributed by atoms with E-state index in [1.165, 1.54) is 4.68 Å². The van der Waals surface area contributed by atoms with Gasteiger partial charge in [-0.25, -0.2) is 4.68 Å². The molecule has 4 aromatic rings. The first-order valence-electron chi connectivity index (χ1n) is 12.4. The Labute approximate surface area is 226 Å². The largest absolute Gasteiger partial charge is 0.363 e. The Morgan fingerprint density at radius 3 is 2.15 bits per heavy atom. The van der Waals surface area contributed by atoms with Crippen molar-refractivity contribution in [1.29, 1.82) is 0 Å². The Morgan fingerprint density at radius 1 is 0.846 bits per heavy atom. The minimum atomic E-state index is -1.13. The summed E-state index contributed by atoms with van der Waals surface area (Å²) in [4.78, 5) is 49.9. The smallest absolute Gasteiger partial charge is 0.287 e. The lowest BCUT2D eigenvalue weighted by molar-refractivity contribution is -0.137. The number of Topliss-reactive ketones (excluding diaryl/α,β-unsaturated/α-hetero) is 1. The summed E-state index contributed by atoms with van der Waals surface area (Å²) in [6.45, 7) is 2.05. The molecule has 3 aromatic carbocycles. The lowest BCUT2D eigenvalue weighted by atomic mass is 10.0. The molecule has 0 aliphatic rings. The van der Waals surface area contributed by atoms with Gasteiger partial charge in [-0.15, -0.1) is 0 Å². The second-order valence-corrected chi connectivity index (χ2v) is 9.14. The van der Waals surface area contributed by atoms with Crippen molar-refractivity contribution >= 4 is 23.5 Å². The highest BCUT2D eigenvalue weighted by atomic mass is 16.2. The predicted octanol–water partition coefficient (Wildman–Crippen LogP) is 2.44.